The van der Waals surface area contributed by atoms with Gasteiger partial charge in [0, 0.05) is 11.4 Å². The summed E-state index contributed by atoms with van der Waals surface area (Å²) in [7, 11) is 0. The maximum Gasteiger partial charge on any atom is 0.147 e. The van der Waals surface area contributed by atoms with Crippen molar-refractivity contribution in [2.24, 2.45) is 0 Å². The van der Waals surface area contributed by atoms with E-state index in [1.165, 1.54) is 0 Å². The molecule has 0 N–H and O–H groups in total. The highest BCUT2D eigenvalue weighted by atomic mass is 35.5. The highest BCUT2D eigenvalue weighted by molar-refractivity contribution is 6.35. The normalized spacial score (nSPS) is 20.8. The Morgan fingerprint density at radius 1 is 1.38 bits per heavy atom. The minimum atomic E-state index is 0.0699. The average molecular weight is 263 g/mol. The summed E-state index contributed by atoms with van der Waals surface area (Å²) in [5.74, 6) is 0.626. The zero-order valence-electron chi connectivity index (χ0n) is 8.62. The molecule has 0 spiro atoms. The number of hydrogen-bond acceptors (Lipinski definition) is 3. The van der Waals surface area contributed by atoms with Crippen LogP contribution in [0.1, 0.15) is 6.42 Å². The summed E-state index contributed by atoms with van der Waals surface area (Å²) in [4.78, 5) is 0. The molecular formula is C11H12Cl2O3. The van der Waals surface area contributed by atoms with Gasteiger partial charge in [-0.3, -0.25) is 0 Å². The van der Waals surface area contributed by atoms with Gasteiger partial charge in [-0.1, -0.05) is 23.2 Å². The first-order valence-electron chi connectivity index (χ1n) is 5.03. The molecule has 0 saturated carbocycles. The van der Waals surface area contributed by atoms with Gasteiger partial charge in [-0.2, -0.15) is 0 Å². The molecule has 5 heteroatoms. The van der Waals surface area contributed by atoms with Gasteiger partial charge in [0.25, 0.3) is 0 Å². The summed E-state index contributed by atoms with van der Waals surface area (Å²) in [5, 5.41) is 1.11. The van der Waals surface area contributed by atoms with Crippen LogP contribution in [-0.2, 0) is 9.47 Å². The molecule has 1 aromatic carbocycles. The Balaban J connectivity index is 1.88. The average Bonchev–Trinajstić information content (AvgIpc) is 2.29. The number of rotatable bonds is 3. The zero-order valence-corrected chi connectivity index (χ0v) is 10.1. The molecule has 0 bridgehead atoms. The van der Waals surface area contributed by atoms with Crippen LogP contribution in [0.4, 0.5) is 0 Å². The summed E-state index contributed by atoms with van der Waals surface area (Å²) >= 11 is 11.8. The highest BCUT2D eigenvalue weighted by Crippen LogP contribution is 2.27. The van der Waals surface area contributed by atoms with Gasteiger partial charge in [0.05, 0.1) is 17.7 Å². The van der Waals surface area contributed by atoms with Gasteiger partial charge < -0.3 is 14.2 Å². The fourth-order valence-electron chi connectivity index (χ4n) is 1.41. The van der Waals surface area contributed by atoms with Gasteiger partial charge in [0.1, 0.15) is 19.1 Å². The van der Waals surface area contributed by atoms with Crippen molar-refractivity contribution in [3.63, 3.8) is 0 Å². The maximum atomic E-state index is 5.97. The maximum absolute atomic E-state index is 5.97. The summed E-state index contributed by atoms with van der Waals surface area (Å²) in [6, 6.07) is 5.15. The Bertz CT molecular complexity index is 351. The highest BCUT2D eigenvalue weighted by Gasteiger charge is 2.15. The van der Waals surface area contributed by atoms with Crippen molar-refractivity contribution in [3.8, 4) is 5.75 Å². The van der Waals surface area contributed by atoms with Crippen molar-refractivity contribution in [2.45, 2.75) is 12.5 Å². The lowest BCUT2D eigenvalue weighted by molar-refractivity contribution is -0.147. The number of halogens is 2. The van der Waals surface area contributed by atoms with Gasteiger partial charge in [-0.15, -0.1) is 0 Å². The molecule has 1 fully saturated rings. The molecule has 16 heavy (non-hydrogen) atoms. The van der Waals surface area contributed by atoms with Crippen molar-refractivity contribution in [1.29, 1.82) is 0 Å². The van der Waals surface area contributed by atoms with Crippen LogP contribution in [0.25, 0.3) is 0 Å². The van der Waals surface area contributed by atoms with Gasteiger partial charge in [-0.05, 0) is 18.2 Å². The second-order valence-electron chi connectivity index (χ2n) is 3.49. The predicted octanol–water partition coefficient (Wildman–Crippen LogP) is 3.14. The number of hydrogen-bond donors (Lipinski definition) is 0. The Labute approximate surface area is 104 Å². The third-order valence-corrected chi connectivity index (χ3v) is 2.82. The van der Waals surface area contributed by atoms with E-state index in [1.54, 1.807) is 18.2 Å². The minimum Gasteiger partial charge on any atom is -0.489 e. The molecule has 1 aliphatic rings. The third kappa shape index (κ3) is 3.25. The van der Waals surface area contributed by atoms with Crippen molar-refractivity contribution >= 4 is 23.2 Å². The first kappa shape index (κ1) is 12.0. The molecule has 88 valence electrons. The zero-order chi connectivity index (χ0) is 11.4. The summed E-state index contributed by atoms with van der Waals surface area (Å²) in [5.41, 5.74) is 0. The largest absolute Gasteiger partial charge is 0.489 e. The van der Waals surface area contributed by atoms with Crippen LogP contribution < -0.4 is 4.74 Å². The van der Waals surface area contributed by atoms with Crippen LogP contribution in [0, 0.1) is 0 Å². The standard InChI is InChI=1S/C11H12Cl2O3/c12-8-1-2-11(10(13)5-8)15-6-9-3-4-14-7-16-9/h1-2,5,9H,3-4,6-7H2. The van der Waals surface area contributed by atoms with Crippen molar-refractivity contribution in [3.05, 3.63) is 28.2 Å². The molecular weight excluding hydrogens is 251 g/mol. The summed E-state index contributed by atoms with van der Waals surface area (Å²) in [6.45, 7) is 1.52. The Morgan fingerprint density at radius 3 is 2.94 bits per heavy atom. The first-order valence-corrected chi connectivity index (χ1v) is 5.78. The molecule has 1 unspecified atom stereocenters. The molecule has 0 amide bonds. The van der Waals surface area contributed by atoms with E-state index in [0.717, 1.165) is 6.42 Å². The summed E-state index contributed by atoms with van der Waals surface area (Å²) < 4.78 is 16.0. The van der Waals surface area contributed by atoms with Gasteiger partial charge >= 0.3 is 0 Å². The Kier molecular flexibility index (Phi) is 4.29. The SMILES string of the molecule is Clc1ccc(OCC2CCOCO2)c(Cl)c1. The molecule has 1 aliphatic heterocycles. The summed E-state index contributed by atoms with van der Waals surface area (Å²) in [6.07, 6.45) is 0.908. The number of ether oxygens (including phenoxy) is 3. The van der Waals surface area contributed by atoms with Crippen LogP contribution in [0.2, 0.25) is 10.0 Å². The fraction of sp³-hybridized carbons (Fsp3) is 0.455. The van der Waals surface area contributed by atoms with Crippen LogP contribution in [0.5, 0.6) is 5.75 Å². The number of benzene rings is 1. The molecule has 2 rings (SSSR count). The molecule has 1 aromatic rings. The van der Waals surface area contributed by atoms with Gasteiger partial charge in [0.2, 0.25) is 0 Å². The molecule has 0 aromatic heterocycles. The van der Waals surface area contributed by atoms with Gasteiger partial charge in [0.15, 0.2) is 0 Å². The Hall–Kier alpha value is -0.480. The van der Waals surface area contributed by atoms with Crippen LogP contribution >= 0.6 is 23.2 Å². The van der Waals surface area contributed by atoms with Crippen LogP contribution in [0.3, 0.4) is 0 Å². The minimum absolute atomic E-state index is 0.0699. The van der Waals surface area contributed by atoms with E-state index >= 15 is 0 Å². The lowest BCUT2D eigenvalue weighted by Crippen LogP contribution is -2.29. The molecule has 1 heterocycles. The van der Waals surface area contributed by atoms with E-state index in [2.05, 4.69) is 0 Å². The van der Waals surface area contributed by atoms with Gasteiger partial charge in [-0.25, -0.2) is 0 Å². The van der Waals surface area contributed by atoms with Crippen LogP contribution in [0.15, 0.2) is 18.2 Å². The quantitative estimate of drug-likeness (QED) is 0.838. The second-order valence-corrected chi connectivity index (χ2v) is 4.33. The second kappa shape index (κ2) is 5.73. The van der Waals surface area contributed by atoms with E-state index in [1.807, 2.05) is 0 Å². The van der Waals surface area contributed by atoms with Crippen molar-refractivity contribution < 1.29 is 14.2 Å². The molecule has 0 radical (unpaired) electrons. The lowest BCUT2D eigenvalue weighted by Gasteiger charge is -2.23. The monoisotopic (exact) mass is 262 g/mol. The van der Waals surface area contributed by atoms with E-state index in [-0.39, 0.29) is 6.10 Å². The topological polar surface area (TPSA) is 27.7 Å². The van der Waals surface area contributed by atoms with E-state index < -0.39 is 0 Å². The lowest BCUT2D eigenvalue weighted by atomic mass is 10.2. The third-order valence-electron chi connectivity index (χ3n) is 2.29. The fourth-order valence-corrected chi connectivity index (χ4v) is 1.87. The van der Waals surface area contributed by atoms with Crippen molar-refractivity contribution in [2.75, 3.05) is 20.0 Å². The van der Waals surface area contributed by atoms with E-state index in [0.29, 0.717) is 35.8 Å². The Morgan fingerprint density at radius 2 is 2.25 bits per heavy atom. The van der Waals surface area contributed by atoms with E-state index in [9.17, 15) is 0 Å². The molecule has 0 aliphatic carbocycles. The molecule has 1 saturated heterocycles. The van der Waals surface area contributed by atoms with Crippen molar-refractivity contribution in [1.82, 2.24) is 0 Å². The van der Waals surface area contributed by atoms with E-state index in [4.69, 9.17) is 37.4 Å². The molecule has 1 atom stereocenters. The molecule has 3 nitrogen and oxygen atoms in total. The van der Waals surface area contributed by atoms with Crippen LogP contribution in [-0.4, -0.2) is 26.1 Å². The smallest absolute Gasteiger partial charge is 0.147 e. The first-order chi connectivity index (χ1) is 7.75. The predicted molar refractivity (Wildman–Crippen MR) is 62.3 cm³/mol.